The maximum Gasteiger partial charge on any atom is 0.249 e. The van der Waals surface area contributed by atoms with Crippen LogP contribution >= 0.6 is 11.8 Å². The van der Waals surface area contributed by atoms with E-state index in [1.165, 1.54) is 0 Å². The number of hydrogen-bond acceptors (Lipinski definition) is 6. The summed E-state index contributed by atoms with van der Waals surface area (Å²) in [6, 6.07) is 0. The lowest BCUT2D eigenvalue weighted by Gasteiger charge is -2.07. The van der Waals surface area contributed by atoms with E-state index in [0.717, 1.165) is 12.8 Å². The van der Waals surface area contributed by atoms with E-state index in [-0.39, 0.29) is 18.6 Å². The third-order valence-electron chi connectivity index (χ3n) is 2.42. The van der Waals surface area contributed by atoms with E-state index in [9.17, 15) is 4.79 Å². The van der Waals surface area contributed by atoms with Crippen LogP contribution in [0.25, 0.3) is 0 Å². The summed E-state index contributed by atoms with van der Waals surface area (Å²) in [6.45, 7) is 0.927. The Hall–Kier alpha value is -1.08. The van der Waals surface area contributed by atoms with Gasteiger partial charge in [0.2, 0.25) is 11.8 Å². The number of amides is 1. The number of carbonyl (C=O) groups excluding carboxylic acids is 1. The number of rotatable bonds is 5. The van der Waals surface area contributed by atoms with Crippen LogP contribution in [0, 0.1) is 0 Å². The number of nitrogens with zero attached hydrogens (tertiary/aromatic N) is 2. The van der Waals surface area contributed by atoms with Gasteiger partial charge in [-0.2, -0.15) is 16.7 Å². The highest BCUT2D eigenvalue weighted by Gasteiger charge is 2.23. The number of ether oxygens (including phenoxy) is 1. The molecule has 6 nitrogen and oxygen atoms in total. The Labute approximate surface area is 103 Å². The van der Waals surface area contributed by atoms with E-state index in [2.05, 4.69) is 15.5 Å². The van der Waals surface area contributed by atoms with Gasteiger partial charge >= 0.3 is 0 Å². The number of thioether (sulfide) groups is 1. The molecule has 0 radical (unpaired) electrons. The zero-order valence-corrected chi connectivity index (χ0v) is 10.5. The van der Waals surface area contributed by atoms with Crippen LogP contribution in [0.2, 0.25) is 0 Å². The van der Waals surface area contributed by atoms with E-state index in [4.69, 9.17) is 9.26 Å². The van der Waals surface area contributed by atoms with E-state index < -0.39 is 0 Å². The molecule has 1 aromatic rings. The molecule has 7 heteroatoms. The van der Waals surface area contributed by atoms with Crippen molar-refractivity contribution in [3.63, 3.8) is 0 Å². The average molecular weight is 257 g/mol. The Morgan fingerprint density at radius 2 is 2.53 bits per heavy atom. The first-order valence-electron chi connectivity index (χ1n) is 5.49. The maximum absolute atomic E-state index is 11.6. The molecule has 1 amide bonds. The largest absolute Gasteiger partial charge is 0.368 e. The average Bonchev–Trinajstić information content (AvgIpc) is 2.97. The van der Waals surface area contributed by atoms with Gasteiger partial charge in [-0.1, -0.05) is 5.16 Å². The minimum absolute atomic E-state index is 0.105. The van der Waals surface area contributed by atoms with Crippen molar-refractivity contribution in [3.8, 4) is 0 Å². The molecule has 0 spiro atoms. The molecule has 1 saturated heterocycles. The van der Waals surface area contributed by atoms with E-state index in [1.54, 1.807) is 11.8 Å². The van der Waals surface area contributed by atoms with Crippen molar-refractivity contribution < 1.29 is 14.1 Å². The SMILES string of the molecule is CSCc1noc(CNC(=O)[C@@H]2CCCO2)n1. The number of nitrogens with one attached hydrogen (secondary N) is 1. The minimum Gasteiger partial charge on any atom is -0.368 e. The summed E-state index contributed by atoms with van der Waals surface area (Å²) < 4.78 is 10.3. The van der Waals surface area contributed by atoms with Crippen LogP contribution in [-0.2, 0) is 21.8 Å². The molecule has 0 bridgehead atoms. The lowest BCUT2D eigenvalue weighted by Crippen LogP contribution is -2.33. The van der Waals surface area contributed by atoms with Gasteiger partial charge in [0.1, 0.15) is 6.10 Å². The van der Waals surface area contributed by atoms with E-state index >= 15 is 0 Å². The Morgan fingerprint density at radius 1 is 1.65 bits per heavy atom. The van der Waals surface area contributed by atoms with Crippen LogP contribution in [0.1, 0.15) is 24.6 Å². The fourth-order valence-electron chi connectivity index (χ4n) is 1.61. The second kappa shape index (κ2) is 6.02. The highest BCUT2D eigenvalue weighted by atomic mass is 32.2. The van der Waals surface area contributed by atoms with Gasteiger partial charge in [0.05, 0.1) is 12.3 Å². The van der Waals surface area contributed by atoms with Gasteiger partial charge in [-0.15, -0.1) is 0 Å². The van der Waals surface area contributed by atoms with Crippen molar-refractivity contribution in [2.45, 2.75) is 31.2 Å². The van der Waals surface area contributed by atoms with E-state index in [0.29, 0.717) is 24.1 Å². The van der Waals surface area contributed by atoms with Crippen LogP contribution in [0.15, 0.2) is 4.52 Å². The third-order valence-corrected chi connectivity index (χ3v) is 2.97. The quantitative estimate of drug-likeness (QED) is 0.838. The normalized spacial score (nSPS) is 19.5. The third kappa shape index (κ3) is 3.44. The van der Waals surface area contributed by atoms with Crippen molar-refractivity contribution in [3.05, 3.63) is 11.7 Å². The van der Waals surface area contributed by atoms with Crippen molar-refractivity contribution >= 4 is 17.7 Å². The van der Waals surface area contributed by atoms with E-state index in [1.807, 2.05) is 6.26 Å². The zero-order valence-electron chi connectivity index (χ0n) is 9.64. The van der Waals surface area contributed by atoms with Gasteiger partial charge in [0, 0.05) is 6.61 Å². The molecule has 0 aliphatic carbocycles. The monoisotopic (exact) mass is 257 g/mol. The Kier molecular flexibility index (Phi) is 4.38. The molecule has 2 heterocycles. The highest BCUT2D eigenvalue weighted by Crippen LogP contribution is 2.12. The summed E-state index contributed by atoms with van der Waals surface area (Å²) in [5.74, 6) is 1.69. The second-order valence-corrected chi connectivity index (χ2v) is 4.62. The second-order valence-electron chi connectivity index (χ2n) is 3.76. The Morgan fingerprint density at radius 3 is 3.24 bits per heavy atom. The van der Waals surface area contributed by atoms with Gasteiger partial charge < -0.3 is 14.6 Å². The molecule has 0 unspecified atom stereocenters. The van der Waals surface area contributed by atoms with Gasteiger partial charge in [-0.25, -0.2) is 0 Å². The predicted molar refractivity (Wildman–Crippen MR) is 62.3 cm³/mol. The molecular formula is C10H15N3O3S. The zero-order chi connectivity index (χ0) is 12.1. The molecule has 1 aromatic heterocycles. The smallest absolute Gasteiger partial charge is 0.249 e. The van der Waals surface area contributed by atoms with Crippen LogP contribution in [-0.4, -0.2) is 35.0 Å². The van der Waals surface area contributed by atoms with Crippen molar-refractivity contribution in [1.82, 2.24) is 15.5 Å². The molecule has 1 N–H and O–H groups in total. The standard InChI is InChI=1S/C10H15N3O3S/c1-17-6-8-12-9(16-13-8)5-11-10(14)7-3-2-4-15-7/h7H,2-6H2,1H3,(H,11,14)/t7-/m0/s1. The summed E-state index contributed by atoms with van der Waals surface area (Å²) in [7, 11) is 0. The topological polar surface area (TPSA) is 77.2 Å². The fraction of sp³-hybridized carbons (Fsp3) is 0.700. The first-order chi connectivity index (χ1) is 8.29. The first kappa shape index (κ1) is 12.4. The highest BCUT2D eigenvalue weighted by molar-refractivity contribution is 7.97. The molecule has 0 aromatic carbocycles. The Bertz CT molecular complexity index is 377. The Balaban J connectivity index is 1.78. The molecule has 1 aliphatic heterocycles. The van der Waals surface area contributed by atoms with Crippen molar-refractivity contribution in [1.29, 1.82) is 0 Å². The molecule has 1 atom stereocenters. The minimum atomic E-state index is -0.316. The molecule has 17 heavy (non-hydrogen) atoms. The van der Waals surface area contributed by atoms with Crippen LogP contribution in [0.3, 0.4) is 0 Å². The molecule has 1 fully saturated rings. The van der Waals surface area contributed by atoms with Gasteiger partial charge in [0.15, 0.2) is 5.82 Å². The first-order valence-corrected chi connectivity index (χ1v) is 6.88. The van der Waals surface area contributed by atoms with Crippen LogP contribution in [0.5, 0.6) is 0 Å². The van der Waals surface area contributed by atoms with Crippen LogP contribution in [0.4, 0.5) is 0 Å². The summed E-state index contributed by atoms with van der Waals surface area (Å²) >= 11 is 1.62. The molecular weight excluding hydrogens is 242 g/mol. The molecule has 1 aliphatic rings. The fourth-order valence-corrected chi connectivity index (χ4v) is 1.99. The predicted octanol–water partition coefficient (Wildman–Crippen LogP) is 0.728. The summed E-state index contributed by atoms with van der Waals surface area (Å²) in [5, 5.41) is 6.52. The maximum atomic E-state index is 11.6. The summed E-state index contributed by atoms with van der Waals surface area (Å²) in [5.41, 5.74) is 0. The summed E-state index contributed by atoms with van der Waals surface area (Å²) in [4.78, 5) is 15.8. The molecule has 2 rings (SSSR count). The van der Waals surface area contributed by atoms with Crippen LogP contribution < -0.4 is 5.32 Å². The van der Waals surface area contributed by atoms with Gasteiger partial charge in [-0.3, -0.25) is 4.79 Å². The van der Waals surface area contributed by atoms with Gasteiger partial charge in [-0.05, 0) is 19.1 Å². The lowest BCUT2D eigenvalue weighted by atomic mass is 10.2. The lowest BCUT2D eigenvalue weighted by molar-refractivity contribution is -0.130. The number of aromatic nitrogens is 2. The molecule has 0 saturated carbocycles. The number of hydrogen-bond donors (Lipinski definition) is 1. The van der Waals surface area contributed by atoms with Gasteiger partial charge in [0.25, 0.3) is 0 Å². The number of carbonyl (C=O) groups is 1. The van der Waals surface area contributed by atoms with Crippen molar-refractivity contribution in [2.24, 2.45) is 0 Å². The molecule has 94 valence electrons. The van der Waals surface area contributed by atoms with Crippen molar-refractivity contribution in [2.75, 3.05) is 12.9 Å². The summed E-state index contributed by atoms with van der Waals surface area (Å²) in [6.07, 6.45) is 3.38.